The number of carbonyl (C=O) groups excluding carboxylic acids is 1. The van der Waals surface area contributed by atoms with Crippen molar-refractivity contribution < 1.29 is 14.5 Å². The number of benzene rings is 3. The van der Waals surface area contributed by atoms with E-state index in [-0.39, 0.29) is 17.8 Å². The number of nitrogens with one attached hydrogen (secondary N) is 2. The second kappa shape index (κ2) is 7.85. The van der Waals surface area contributed by atoms with Crippen LogP contribution in [0.3, 0.4) is 0 Å². The maximum atomic E-state index is 12.2. The molecule has 1 atom stereocenters. The van der Waals surface area contributed by atoms with Gasteiger partial charge in [0, 0.05) is 17.8 Å². The van der Waals surface area contributed by atoms with Crippen LogP contribution in [-0.2, 0) is 0 Å². The zero-order chi connectivity index (χ0) is 20.2. The Labute approximate surface area is 166 Å². The molecule has 0 bridgehead atoms. The molecule has 7 heteroatoms. The van der Waals surface area contributed by atoms with Crippen molar-refractivity contribution in [3.05, 3.63) is 106 Å². The van der Waals surface area contributed by atoms with E-state index in [9.17, 15) is 14.9 Å². The van der Waals surface area contributed by atoms with E-state index in [0.29, 0.717) is 17.0 Å². The molecule has 4 rings (SSSR count). The lowest BCUT2D eigenvalue weighted by molar-refractivity contribution is -0.384. The molecule has 7 nitrogen and oxygen atoms in total. The van der Waals surface area contributed by atoms with Crippen LogP contribution in [-0.4, -0.2) is 11.0 Å². The summed E-state index contributed by atoms with van der Waals surface area (Å²) in [6.45, 7) is 0. The van der Waals surface area contributed by atoms with Crippen molar-refractivity contribution in [1.29, 1.82) is 0 Å². The molecule has 1 aliphatic rings. The van der Waals surface area contributed by atoms with Gasteiger partial charge in [-0.3, -0.25) is 10.1 Å². The highest BCUT2D eigenvalue weighted by Gasteiger charge is 2.21. The summed E-state index contributed by atoms with van der Waals surface area (Å²) in [5, 5.41) is 16.4. The van der Waals surface area contributed by atoms with Gasteiger partial charge in [0.05, 0.1) is 11.0 Å². The number of carbonyl (C=O) groups is 1. The summed E-state index contributed by atoms with van der Waals surface area (Å²) in [4.78, 5) is 22.6. The zero-order valence-corrected chi connectivity index (χ0v) is 15.2. The van der Waals surface area contributed by atoms with E-state index in [1.807, 2.05) is 60.7 Å². The number of rotatable bonds is 5. The van der Waals surface area contributed by atoms with Crippen molar-refractivity contribution >= 4 is 17.4 Å². The highest BCUT2D eigenvalue weighted by Crippen LogP contribution is 2.28. The zero-order valence-electron chi connectivity index (χ0n) is 15.2. The molecule has 0 aliphatic carbocycles. The quantitative estimate of drug-likeness (QED) is 0.486. The molecule has 2 amide bonds. The van der Waals surface area contributed by atoms with E-state index in [1.165, 1.54) is 12.1 Å². The number of urea groups is 1. The fourth-order valence-electron chi connectivity index (χ4n) is 3.06. The van der Waals surface area contributed by atoms with Crippen LogP contribution in [0.15, 0.2) is 84.9 Å². The summed E-state index contributed by atoms with van der Waals surface area (Å²) in [6, 6.07) is 22.2. The summed E-state index contributed by atoms with van der Waals surface area (Å²) < 4.78 is 5.87. The van der Waals surface area contributed by atoms with Gasteiger partial charge in [0.2, 0.25) is 0 Å². The second-order valence-electron chi connectivity index (χ2n) is 6.45. The average molecular weight is 387 g/mol. The number of ether oxygens (including phenoxy) is 1. The molecule has 0 aromatic heterocycles. The first kappa shape index (κ1) is 18.2. The molecule has 3 aromatic rings. The van der Waals surface area contributed by atoms with Crippen LogP contribution in [0.2, 0.25) is 0 Å². The van der Waals surface area contributed by atoms with Crippen molar-refractivity contribution in [2.45, 2.75) is 6.04 Å². The number of nitro groups is 1. The maximum Gasteiger partial charge on any atom is 0.319 e. The Morgan fingerprint density at radius 3 is 2.34 bits per heavy atom. The maximum absolute atomic E-state index is 12.2. The molecule has 2 N–H and O–H groups in total. The number of nitrogens with zero attached hydrogens (tertiary/aromatic N) is 1. The Kier molecular flexibility index (Phi) is 4.94. The fourth-order valence-corrected chi connectivity index (χ4v) is 3.06. The molecule has 29 heavy (non-hydrogen) atoms. The normalized spacial score (nSPS) is 15.7. The van der Waals surface area contributed by atoms with Crippen molar-refractivity contribution in [3.63, 3.8) is 0 Å². The van der Waals surface area contributed by atoms with Crippen LogP contribution in [0.1, 0.15) is 17.2 Å². The van der Waals surface area contributed by atoms with E-state index in [4.69, 9.17) is 4.74 Å². The standard InChI is InChI=1S/C22H17N3O4/c26-22-23-20(15-9-11-17(12-10-15)25(27)28)14-21(24-22)16-5-4-8-19(13-16)29-18-6-2-1-3-7-18/h1-14,21H,(H2,23,24,26). The lowest BCUT2D eigenvalue weighted by Crippen LogP contribution is -2.40. The predicted molar refractivity (Wildman–Crippen MR) is 108 cm³/mol. The Hall–Kier alpha value is -4.13. The highest BCUT2D eigenvalue weighted by molar-refractivity contribution is 5.88. The second-order valence-corrected chi connectivity index (χ2v) is 6.45. The SMILES string of the molecule is O=C1NC(c2ccc([N+](=O)[O-])cc2)=CC(c2cccc(Oc3ccccc3)c2)N1. The lowest BCUT2D eigenvalue weighted by Gasteiger charge is -2.24. The first-order valence-corrected chi connectivity index (χ1v) is 8.95. The first-order chi connectivity index (χ1) is 14.1. The van der Waals surface area contributed by atoms with Crippen LogP contribution in [0.4, 0.5) is 10.5 Å². The van der Waals surface area contributed by atoms with Gasteiger partial charge < -0.3 is 15.4 Å². The number of para-hydroxylation sites is 1. The Balaban J connectivity index is 1.60. The van der Waals surface area contributed by atoms with Crippen LogP contribution in [0.5, 0.6) is 11.5 Å². The van der Waals surface area contributed by atoms with Gasteiger partial charge in [-0.15, -0.1) is 0 Å². The smallest absolute Gasteiger partial charge is 0.319 e. The molecule has 3 aromatic carbocycles. The number of non-ortho nitro benzene ring substituents is 1. The number of hydrogen-bond donors (Lipinski definition) is 2. The van der Waals surface area contributed by atoms with Crippen LogP contribution >= 0.6 is 0 Å². The Morgan fingerprint density at radius 1 is 0.897 bits per heavy atom. The van der Waals surface area contributed by atoms with Gasteiger partial charge in [-0.2, -0.15) is 0 Å². The molecule has 0 spiro atoms. The van der Waals surface area contributed by atoms with Crippen molar-refractivity contribution in [2.24, 2.45) is 0 Å². The summed E-state index contributed by atoms with van der Waals surface area (Å²) >= 11 is 0. The van der Waals surface area contributed by atoms with Crippen molar-refractivity contribution in [3.8, 4) is 11.5 Å². The molecule has 0 saturated heterocycles. The minimum atomic E-state index is -0.458. The number of amides is 2. The van der Waals surface area contributed by atoms with Gasteiger partial charge in [-0.05, 0) is 53.6 Å². The molecule has 0 radical (unpaired) electrons. The Morgan fingerprint density at radius 2 is 1.62 bits per heavy atom. The van der Waals surface area contributed by atoms with Crippen molar-refractivity contribution in [1.82, 2.24) is 10.6 Å². The van der Waals surface area contributed by atoms with E-state index in [0.717, 1.165) is 11.3 Å². The van der Waals surface area contributed by atoms with Gasteiger partial charge >= 0.3 is 6.03 Å². The summed E-state index contributed by atoms with van der Waals surface area (Å²) in [6.07, 6.45) is 1.87. The van der Waals surface area contributed by atoms with Gasteiger partial charge in [0.1, 0.15) is 11.5 Å². The highest BCUT2D eigenvalue weighted by atomic mass is 16.6. The fraction of sp³-hybridized carbons (Fsp3) is 0.0455. The molecule has 1 unspecified atom stereocenters. The minimum absolute atomic E-state index is 0.00285. The van der Waals surface area contributed by atoms with Crippen LogP contribution in [0, 0.1) is 10.1 Å². The molecule has 144 valence electrons. The van der Waals surface area contributed by atoms with Gasteiger partial charge in [0.15, 0.2) is 0 Å². The predicted octanol–water partition coefficient (Wildman–Crippen LogP) is 4.78. The molecule has 1 aliphatic heterocycles. The largest absolute Gasteiger partial charge is 0.457 e. The summed E-state index contributed by atoms with van der Waals surface area (Å²) in [7, 11) is 0. The molecule has 0 saturated carbocycles. The van der Waals surface area contributed by atoms with E-state index < -0.39 is 4.92 Å². The number of nitro benzene ring substituents is 1. The molecular formula is C22H17N3O4. The average Bonchev–Trinajstić information content (AvgIpc) is 2.74. The van der Waals surface area contributed by atoms with Gasteiger partial charge in [-0.1, -0.05) is 30.3 Å². The topological polar surface area (TPSA) is 93.5 Å². The summed E-state index contributed by atoms with van der Waals surface area (Å²) in [5.74, 6) is 1.38. The first-order valence-electron chi connectivity index (χ1n) is 8.95. The monoisotopic (exact) mass is 387 g/mol. The van der Waals surface area contributed by atoms with Crippen LogP contribution < -0.4 is 15.4 Å². The van der Waals surface area contributed by atoms with Crippen molar-refractivity contribution in [2.75, 3.05) is 0 Å². The number of hydrogen-bond acceptors (Lipinski definition) is 4. The minimum Gasteiger partial charge on any atom is -0.457 e. The Bertz CT molecular complexity index is 1080. The lowest BCUT2D eigenvalue weighted by atomic mass is 10.0. The third-order valence-electron chi connectivity index (χ3n) is 4.45. The summed E-state index contributed by atoms with van der Waals surface area (Å²) in [5.41, 5.74) is 2.12. The molecular weight excluding hydrogens is 370 g/mol. The van der Waals surface area contributed by atoms with Crippen LogP contribution in [0.25, 0.3) is 5.70 Å². The molecule has 1 heterocycles. The van der Waals surface area contributed by atoms with Gasteiger partial charge in [-0.25, -0.2) is 4.79 Å². The van der Waals surface area contributed by atoms with E-state index >= 15 is 0 Å². The molecule has 0 fully saturated rings. The third-order valence-corrected chi connectivity index (χ3v) is 4.45. The van der Waals surface area contributed by atoms with E-state index in [2.05, 4.69) is 10.6 Å². The third kappa shape index (κ3) is 4.24. The van der Waals surface area contributed by atoms with E-state index in [1.54, 1.807) is 12.1 Å². The van der Waals surface area contributed by atoms with Gasteiger partial charge in [0.25, 0.3) is 5.69 Å².